The lowest BCUT2D eigenvalue weighted by molar-refractivity contribution is 0.102. The van der Waals surface area contributed by atoms with E-state index < -0.39 is 0 Å². The zero-order valence-corrected chi connectivity index (χ0v) is 17.0. The van der Waals surface area contributed by atoms with E-state index >= 15 is 0 Å². The second-order valence-electron chi connectivity index (χ2n) is 7.33. The van der Waals surface area contributed by atoms with E-state index in [-0.39, 0.29) is 11.6 Å². The van der Waals surface area contributed by atoms with Crippen molar-refractivity contribution in [3.8, 4) is 17.0 Å². The van der Waals surface area contributed by atoms with Crippen molar-refractivity contribution in [3.63, 3.8) is 0 Å². The molecule has 5 rings (SSSR count). The van der Waals surface area contributed by atoms with Crippen LogP contribution in [0.15, 0.2) is 77.3 Å². The quantitative estimate of drug-likeness (QED) is 0.454. The third kappa shape index (κ3) is 3.46. The van der Waals surface area contributed by atoms with E-state index in [9.17, 15) is 4.79 Å². The van der Waals surface area contributed by atoms with E-state index in [0.29, 0.717) is 17.1 Å². The minimum atomic E-state index is -0.302. The molecular weight excluding hydrogens is 390 g/mol. The molecule has 0 fully saturated rings. The van der Waals surface area contributed by atoms with Gasteiger partial charge in [-0.15, -0.1) is 5.10 Å². The van der Waals surface area contributed by atoms with E-state index in [1.54, 1.807) is 4.68 Å². The maximum absolute atomic E-state index is 12.7. The number of aromatic nitrogens is 4. The summed E-state index contributed by atoms with van der Waals surface area (Å²) < 4.78 is 7.23. The minimum Gasteiger partial charge on any atom is -0.355 e. The molecule has 0 bridgehead atoms. The fourth-order valence-electron chi connectivity index (χ4n) is 3.47. The first kappa shape index (κ1) is 18.7. The average molecular weight is 409 g/mol. The Balaban J connectivity index is 1.49. The van der Waals surface area contributed by atoms with Gasteiger partial charge in [0.1, 0.15) is 5.52 Å². The van der Waals surface area contributed by atoms with Crippen molar-refractivity contribution in [2.45, 2.75) is 13.8 Å². The summed E-state index contributed by atoms with van der Waals surface area (Å²) in [5.41, 5.74) is 5.21. The first-order valence-electron chi connectivity index (χ1n) is 9.86. The smallest absolute Gasteiger partial charge is 0.278 e. The van der Waals surface area contributed by atoms with E-state index in [2.05, 4.69) is 20.8 Å². The maximum Gasteiger partial charge on any atom is 0.278 e. The molecule has 2 aromatic heterocycles. The highest BCUT2D eigenvalue weighted by molar-refractivity contribution is 6.03. The van der Waals surface area contributed by atoms with Gasteiger partial charge in [-0.3, -0.25) is 4.79 Å². The molecule has 0 aliphatic carbocycles. The highest BCUT2D eigenvalue weighted by Crippen LogP contribution is 2.30. The fourth-order valence-corrected chi connectivity index (χ4v) is 3.47. The SMILES string of the molecule is Cc1ccc(NC(=O)c2nnn(-c3ccc4noc(-c5ccccc5)c4c3)c2C)cc1. The van der Waals surface area contributed by atoms with Crippen molar-refractivity contribution >= 4 is 22.5 Å². The molecular formula is C24H19N5O2. The standard InChI is InChI=1S/C24H19N5O2/c1-15-8-10-18(11-9-15)25-24(30)22-16(2)29(28-26-22)19-12-13-21-20(14-19)23(31-27-21)17-6-4-3-5-7-17/h3-14H,1-2H3,(H,25,30). The topological polar surface area (TPSA) is 85.8 Å². The number of carbonyl (C=O) groups is 1. The van der Waals surface area contributed by atoms with Crippen molar-refractivity contribution in [3.05, 3.63) is 89.7 Å². The number of hydrogen-bond acceptors (Lipinski definition) is 5. The predicted molar refractivity (Wildman–Crippen MR) is 118 cm³/mol. The van der Waals surface area contributed by atoms with Crippen molar-refractivity contribution in [1.82, 2.24) is 20.2 Å². The second-order valence-corrected chi connectivity index (χ2v) is 7.33. The van der Waals surface area contributed by atoms with Crippen LogP contribution in [0.4, 0.5) is 5.69 Å². The molecule has 0 saturated heterocycles. The first-order valence-corrected chi connectivity index (χ1v) is 9.86. The first-order chi connectivity index (χ1) is 15.1. The Morgan fingerprint density at radius 1 is 0.968 bits per heavy atom. The number of rotatable bonds is 4. The van der Waals surface area contributed by atoms with Crippen LogP contribution in [0.1, 0.15) is 21.7 Å². The number of fused-ring (bicyclic) bond motifs is 1. The van der Waals surface area contributed by atoms with Gasteiger partial charge in [-0.2, -0.15) is 0 Å². The number of nitrogens with one attached hydrogen (secondary N) is 1. The highest BCUT2D eigenvalue weighted by atomic mass is 16.5. The normalized spacial score (nSPS) is 11.0. The summed E-state index contributed by atoms with van der Waals surface area (Å²) in [6.07, 6.45) is 0. The summed E-state index contributed by atoms with van der Waals surface area (Å²) in [4.78, 5) is 12.7. The van der Waals surface area contributed by atoms with E-state index in [0.717, 1.165) is 27.7 Å². The van der Waals surface area contributed by atoms with Gasteiger partial charge in [0.05, 0.1) is 16.8 Å². The van der Waals surface area contributed by atoms with Crippen LogP contribution in [0.2, 0.25) is 0 Å². The molecule has 0 aliphatic heterocycles. The van der Waals surface area contributed by atoms with Gasteiger partial charge in [0, 0.05) is 11.3 Å². The van der Waals surface area contributed by atoms with Crippen molar-refractivity contribution in [2.75, 3.05) is 5.32 Å². The zero-order valence-electron chi connectivity index (χ0n) is 17.0. The summed E-state index contributed by atoms with van der Waals surface area (Å²) in [5, 5.41) is 16.2. The van der Waals surface area contributed by atoms with Gasteiger partial charge in [0.15, 0.2) is 11.5 Å². The van der Waals surface area contributed by atoms with Crippen LogP contribution in [0.25, 0.3) is 27.9 Å². The molecule has 31 heavy (non-hydrogen) atoms. The van der Waals surface area contributed by atoms with Crippen LogP contribution < -0.4 is 5.32 Å². The third-order valence-corrected chi connectivity index (χ3v) is 5.16. The molecule has 0 radical (unpaired) electrons. The highest BCUT2D eigenvalue weighted by Gasteiger charge is 2.19. The van der Waals surface area contributed by atoms with E-state index in [1.165, 1.54) is 0 Å². The van der Waals surface area contributed by atoms with Gasteiger partial charge in [-0.05, 0) is 44.2 Å². The molecule has 3 aromatic carbocycles. The van der Waals surface area contributed by atoms with Gasteiger partial charge in [-0.25, -0.2) is 4.68 Å². The van der Waals surface area contributed by atoms with E-state index in [1.807, 2.05) is 86.6 Å². The molecule has 2 heterocycles. The van der Waals surface area contributed by atoms with Crippen LogP contribution in [0, 0.1) is 13.8 Å². The Morgan fingerprint density at radius 3 is 2.52 bits per heavy atom. The van der Waals surface area contributed by atoms with Gasteiger partial charge in [0.2, 0.25) is 0 Å². The van der Waals surface area contributed by atoms with Gasteiger partial charge < -0.3 is 9.84 Å². The summed E-state index contributed by atoms with van der Waals surface area (Å²) in [5.74, 6) is 0.385. The number of aryl methyl sites for hydroxylation is 1. The minimum absolute atomic E-state index is 0.272. The van der Waals surface area contributed by atoms with Crippen molar-refractivity contribution in [2.24, 2.45) is 0 Å². The molecule has 0 unspecified atom stereocenters. The Morgan fingerprint density at radius 2 is 1.74 bits per heavy atom. The molecule has 0 spiro atoms. The van der Waals surface area contributed by atoms with Crippen molar-refractivity contribution < 1.29 is 9.32 Å². The van der Waals surface area contributed by atoms with Crippen LogP contribution in [0.5, 0.6) is 0 Å². The van der Waals surface area contributed by atoms with Crippen molar-refractivity contribution in [1.29, 1.82) is 0 Å². The molecule has 1 N–H and O–H groups in total. The Kier molecular flexibility index (Phi) is 4.55. The Labute approximate surface area is 178 Å². The molecule has 1 amide bonds. The Bertz CT molecular complexity index is 1390. The van der Waals surface area contributed by atoms with Crippen LogP contribution in [-0.4, -0.2) is 26.1 Å². The van der Waals surface area contributed by atoms with Crippen LogP contribution in [-0.2, 0) is 0 Å². The van der Waals surface area contributed by atoms with Gasteiger partial charge >= 0.3 is 0 Å². The molecule has 7 heteroatoms. The maximum atomic E-state index is 12.7. The Hall–Kier alpha value is -4.26. The third-order valence-electron chi connectivity index (χ3n) is 5.16. The average Bonchev–Trinajstić information content (AvgIpc) is 3.39. The number of anilines is 1. The lowest BCUT2D eigenvalue weighted by Crippen LogP contribution is -2.14. The van der Waals surface area contributed by atoms with Crippen LogP contribution in [0.3, 0.4) is 0 Å². The number of amides is 1. The van der Waals surface area contributed by atoms with Gasteiger partial charge in [-0.1, -0.05) is 58.4 Å². The molecule has 0 saturated carbocycles. The summed E-state index contributed by atoms with van der Waals surface area (Å²) in [6.45, 7) is 3.82. The summed E-state index contributed by atoms with van der Waals surface area (Å²) in [7, 11) is 0. The number of carbonyl (C=O) groups excluding carboxylic acids is 1. The largest absolute Gasteiger partial charge is 0.355 e. The summed E-state index contributed by atoms with van der Waals surface area (Å²) >= 11 is 0. The van der Waals surface area contributed by atoms with E-state index in [4.69, 9.17) is 4.52 Å². The number of nitrogens with zero attached hydrogens (tertiary/aromatic N) is 4. The zero-order chi connectivity index (χ0) is 21.4. The number of hydrogen-bond donors (Lipinski definition) is 1. The van der Waals surface area contributed by atoms with Crippen LogP contribution >= 0.6 is 0 Å². The molecule has 0 aliphatic rings. The fraction of sp³-hybridized carbons (Fsp3) is 0.0833. The second kappa shape index (κ2) is 7.53. The predicted octanol–water partition coefficient (Wildman–Crippen LogP) is 4.94. The van der Waals surface area contributed by atoms with Gasteiger partial charge in [0.25, 0.3) is 5.91 Å². The lowest BCUT2D eigenvalue weighted by Gasteiger charge is -2.06. The lowest BCUT2D eigenvalue weighted by atomic mass is 10.1. The molecule has 0 atom stereocenters. The monoisotopic (exact) mass is 409 g/mol. The molecule has 5 aromatic rings. The molecule has 7 nitrogen and oxygen atoms in total. The summed E-state index contributed by atoms with van der Waals surface area (Å²) in [6, 6.07) is 23.1. The molecule has 152 valence electrons. The number of benzene rings is 3.